The van der Waals surface area contributed by atoms with Crippen LogP contribution in [0.5, 0.6) is 0 Å². The molecule has 0 bridgehead atoms. The number of fused-ring (bicyclic) bond motifs is 1. The largest absolute Gasteiger partial charge is 0.444 e. The average molecular weight is 399 g/mol. The molecule has 7 nitrogen and oxygen atoms in total. The van der Waals surface area contributed by atoms with E-state index in [-0.39, 0.29) is 35.3 Å². The predicted octanol–water partition coefficient (Wildman–Crippen LogP) is 3.30. The molecule has 3 rings (SSSR count). The first-order valence-corrected chi connectivity index (χ1v) is 9.38. The van der Waals surface area contributed by atoms with E-state index < -0.39 is 23.4 Å². The summed E-state index contributed by atoms with van der Waals surface area (Å²) in [5.41, 5.74) is 4.41. The number of aromatic nitrogens is 1. The van der Waals surface area contributed by atoms with E-state index in [1.165, 1.54) is 0 Å². The summed E-state index contributed by atoms with van der Waals surface area (Å²) in [4.78, 5) is 31.5. The van der Waals surface area contributed by atoms with Gasteiger partial charge in [-0.15, -0.1) is 0 Å². The lowest BCUT2D eigenvalue weighted by molar-refractivity contribution is 0.0200. The lowest BCUT2D eigenvalue weighted by atomic mass is 9.90. The van der Waals surface area contributed by atoms with Crippen molar-refractivity contribution in [2.75, 3.05) is 11.6 Å². The van der Waals surface area contributed by atoms with Gasteiger partial charge >= 0.3 is 6.09 Å². The van der Waals surface area contributed by atoms with E-state index in [1.807, 2.05) is 0 Å². The van der Waals surface area contributed by atoms with Crippen LogP contribution in [0.3, 0.4) is 0 Å². The Kier molecular flexibility index (Phi) is 5.20. The number of carbonyl (C=O) groups excluding carboxylic acids is 2. The third kappa shape index (κ3) is 3.95. The van der Waals surface area contributed by atoms with Crippen LogP contribution in [-0.2, 0) is 4.74 Å². The monoisotopic (exact) mass is 398 g/mol. The molecule has 2 heterocycles. The van der Waals surface area contributed by atoms with E-state index in [2.05, 4.69) is 4.98 Å². The summed E-state index contributed by atoms with van der Waals surface area (Å²) in [6.45, 7) is 5.57. The average Bonchev–Trinajstić information content (AvgIpc) is 2.94. The molecule has 2 aliphatic rings. The van der Waals surface area contributed by atoms with Crippen molar-refractivity contribution in [3.8, 4) is 0 Å². The zero-order valence-corrected chi connectivity index (χ0v) is 16.4. The van der Waals surface area contributed by atoms with Crippen LogP contribution in [0, 0.1) is 5.82 Å². The first-order chi connectivity index (χ1) is 12.6. The highest BCUT2D eigenvalue weighted by Crippen LogP contribution is 2.37. The number of nitrogens with zero attached hydrogens (tertiary/aromatic N) is 3. The van der Waals surface area contributed by atoms with Gasteiger partial charge in [-0.3, -0.25) is 9.69 Å². The molecule has 148 valence electrons. The Morgan fingerprint density at radius 3 is 2.52 bits per heavy atom. The molecule has 0 aromatic carbocycles. The highest BCUT2D eigenvalue weighted by molar-refractivity contribution is 6.32. The van der Waals surface area contributed by atoms with Crippen molar-refractivity contribution in [2.45, 2.75) is 64.1 Å². The molecule has 1 aromatic heterocycles. The van der Waals surface area contributed by atoms with Crippen LogP contribution in [0.4, 0.5) is 15.0 Å². The second-order valence-electron chi connectivity index (χ2n) is 7.98. The highest BCUT2D eigenvalue weighted by atomic mass is 35.5. The highest BCUT2D eigenvalue weighted by Gasteiger charge is 2.46. The Bertz CT molecular complexity index is 768. The molecule has 1 aliphatic carbocycles. The van der Waals surface area contributed by atoms with Gasteiger partial charge in [0.2, 0.25) is 0 Å². The number of ether oxygens (including phenoxy) is 1. The summed E-state index contributed by atoms with van der Waals surface area (Å²) < 4.78 is 20.2. The quantitative estimate of drug-likeness (QED) is 0.772. The summed E-state index contributed by atoms with van der Waals surface area (Å²) in [5.74, 6) is -1.51. The van der Waals surface area contributed by atoms with Crippen LogP contribution in [0.15, 0.2) is 6.07 Å². The molecule has 2 amide bonds. The van der Waals surface area contributed by atoms with Gasteiger partial charge in [-0.2, -0.15) is 0 Å². The van der Waals surface area contributed by atoms with Crippen LogP contribution in [0.1, 0.15) is 56.8 Å². The fourth-order valence-corrected chi connectivity index (χ4v) is 3.99. The lowest BCUT2D eigenvalue weighted by Gasteiger charge is -2.33. The SMILES string of the molecule is CC(C)(C)OC(=O)N1CN(c2nc(Cl)c(C(N)=O)cc2F)[C@@H]2CCCC[C@@H]21. The molecule has 0 unspecified atom stereocenters. The zero-order chi connectivity index (χ0) is 19.9. The Balaban J connectivity index is 1.93. The second kappa shape index (κ2) is 7.14. The standard InChI is InChI=1S/C18H24ClFN4O3/c1-18(2,3)27-17(26)24-9-23(12-6-4-5-7-13(12)24)16-11(20)8-10(15(21)25)14(19)22-16/h8,12-13H,4-7,9H2,1-3H3,(H2,21,25)/t12-,13+/m1/s1. The molecule has 1 aromatic rings. The fourth-order valence-electron chi connectivity index (χ4n) is 3.76. The van der Waals surface area contributed by atoms with Crippen LogP contribution >= 0.6 is 11.6 Å². The molecule has 1 aliphatic heterocycles. The molecule has 1 saturated heterocycles. The topological polar surface area (TPSA) is 88.8 Å². The van der Waals surface area contributed by atoms with E-state index in [9.17, 15) is 14.0 Å². The third-order valence-electron chi connectivity index (χ3n) is 4.88. The molecule has 9 heteroatoms. The van der Waals surface area contributed by atoms with Crippen molar-refractivity contribution in [3.05, 3.63) is 22.6 Å². The first kappa shape index (κ1) is 19.7. The minimum Gasteiger partial charge on any atom is -0.444 e. The number of anilines is 1. The third-order valence-corrected chi connectivity index (χ3v) is 5.16. The first-order valence-electron chi connectivity index (χ1n) is 9.00. The van der Waals surface area contributed by atoms with Crippen molar-refractivity contribution in [2.24, 2.45) is 5.73 Å². The number of pyridine rings is 1. The molecule has 27 heavy (non-hydrogen) atoms. The van der Waals surface area contributed by atoms with E-state index in [0.29, 0.717) is 0 Å². The number of halogens is 2. The van der Waals surface area contributed by atoms with E-state index in [0.717, 1.165) is 31.7 Å². The predicted molar refractivity (Wildman–Crippen MR) is 99.2 cm³/mol. The molecule has 0 radical (unpaired) electrons. The van der Waals surface area contributed by atoms with Gasteiger partial charge < -0.3 is 15.4 Å². The van der Waals surface area contributed by atoms with E-state index in [4.69, 9.17) is 22.1 Å². The van der Waals surface area contributed by atoms with Gasteiger partial charge in [0.1, 0.15) is 10.8 Å². The zero-order valence-electron chi connectivity index (χ0n) is 15.7. The molecule has 1 saturated carbocycles. The number of hydrogen-bond donors (Lipinski definition) is 1. The number of carbonyl (C=O) groups is 2. The number of rotatable bonds is 2. The van der Waals surface area contributed by atoms with Gasteiger partial charge in [0.05, 0.1) is 24.3 Å². The molecule has 2 fully saturated rings. The number of hydrogen-bond acceptors (Lipinski definition) is 5. The lowest BCUT2D eigenvalue weighted by Crippen LogP contribution is -2.44. The van der Waals surface area contributed by atoms with Gasteiger partial charge in [-0.25, -0.2) is 14.2 Å². The van der Waals surface area contributed by atoms with Gasteiger partial charge in [0.25, 0.3) is 5.91 Å². The van der Waals surface area contributed by atoms with Gasteiger partial charge in [0, 0.05) is 0 Å². The number of primary amides is 1. The Labute approximate surface area is 162 Å². The molecular formula is C18H24ClFN4O3. The van der Waals surface area contributed by atoms with Crippen molar-refractivity contribution in [1.29, 1.82) is 0 Å². The smallest absolute Gasteiger partial charge is 0.412 e. The van der Waals surface area contributed by atoms with Gasteiger partial charge in [-0.1, -0.05) is 24.4 Å². The second-order valence-corrected chi connectivity index (χ2v) is 8.33. The summed E-state index contributed by atoms with van der Waals surface area (Å²) in [6.07, 6.45) is 3.16. The van der Waals surface area contributed by atoms with E-state index >= 15 is 0 Å². The Morgan fingerprint density at radius 2 is 1.93 bits per heavy atom. The molecule has 0 spiro atoms. The van der Waals surface area contributed by atoms with Crippen molar-refractivity contribution in [3.63, 3.8) is 0 Å². The summed E-state index contributed by atoms with van der Waals surface area (Å²) in [6, 6.07) is 0.842. The molecule has 2 atom stereocenters. The summed E-state index contributed by atoms with van der Waals surface area (Å²) >= 11 is 6.03. The normalized spacial score (nSPS) is 22.6. The Hall–Kier alpha value is -2.09. The van der Waals surface area contributed by atoms with Crippen LogP contribution in [0.25, 0.3) is 0 Å². The van der Waals surface area contributed by atoms with Gasteiger partial charge in [0.15, 0.2) is 11.6 Å². The van der Waals surface area contributed by atoms with Crippen LogP contribution in [0.2, 0.25) is 5.15 Å². The van der Waals surface area contributed by atoms with E-state index in [1.54, 1.807) is 30.6 Å². The minimum absolute atomic E-state index is 0.0213. The summed E-state index contributed by atoms with van der Waals surface area (Å²) in [7, 11) is 0. The maximum absolute atomic E-state index is 14.7. The summed E-state index contributed by atoms with van der Waals surface area (Å²) in [5, 5.41) is -0.151. The minimum atomic E-state index is -0.842. The fraction of sp³-hybridized carbons (Fsp3) is 0.611. The Morgan fingerprint density at radius 1 is 1.30 bits per heavy atom. The maximum atomic E-state index is 14.7. The van der Waals surface area contributed by atoms with Crippen LogP contribution in [-0.4, -0.2) is 46.2 Å². The maximum Gasteiger partial charge on any atom is 0.412 e. The number of amides is 2. The van der Waals surface area contributed by atoms with Crippen LogP contribution < -0.4 is 10.6 Å². The van der Waals surface area contributed by atoms with Gasteiger partial charge in [-0.05, 0) is 39.7 Å². The molecule has 2 N–H and O–H groups in total. The van der Waals surface area contributed by atoms with Crippen molar-refractivity contribution < 1.29 is 18.7 Å². The van der Waals surface area contributed by atoms with Crippen molar-refractivity contribution in [1.82, 2.24) is 9.88 Å². The van der Waals surface area contributed by atoms with Crippen molar-refractivity contribution >= 4 is 29.4 Å². The molecular weight excluding hydrogens is 375 g/mol. The number of nitrogens with two attached hydrogens (primary N) is 1.